The van der Waals surface area contributed by atoms with E-state index in [1.807, 2.05) is 28.9 Å². The number of hydrogen-bond acceptors (Lipinski definition) is 3. The smallest absolute Gasteiger partial charge is 0.220 e. The summed E-state index contributed by atoms with van der Waals surface area (Å²) in [4.78, 5) is 16.3. The Bertz CT molecular complexity index is 634. The maximum atomic E-state index is 11.9. The predicted octanol–water partition coefficient (Wildman–Crippen LogP) is 2.10. The monoisotopic (exact) mass is 350 g/mol. The number of carbonyl (C=O) groups excluding carboxylic acids is 1. The standard InChI is InChI=1S/C15H19BrN4O/c16-12-2-3-14-19-13(10-20(14)9-12)8-18-15(21)4-1-11-5-6-17-7-11/h2-3,9-11,17H,1,4-8H2,(H,18,21). The summed E-state index contributed by atoms with van der Waals surface area (Å²) in [6, 6.07) is 3.91. The van der Waals surface area contributed by atoms with Gasteiger partial charge in [-0.2, -0.15) is 0 Å². The first-order valence-corrected chi connectivity index (χ1v) is 8.10. The molecule has 3 rings (SSSR count). The van der Waals surface area contributed by atoms with Gasteiger partial charge in [0.05, 0.1) is 12.2 Å². The van der Waals surface area contributed by atoms with Gasteiger partial charge in [0, 0.05) is 23.3 Å². The van der Waals surface area contributed by atoms with Crippen molar-refractivity contribution in [1.29, 1.82) is 0 Å². The van der Waals surface area contributed by atoms with E-state index in [0.29, 0.717) is 18.9 Å². The first-order chi connectivity index (χ1) is 10.2. The lowest BCUT2D eigenvalue weighted by Crippen LogP contribution is -2.23. The molecule has 0 bridgehead atoms. The molecule has 1 unspecified atom stereocenters. The molecule has 0 radical (unpaired) electrons. The van der Waals surface area contributed by atoms with Gasteiger partial charge in [-0.25, -0.2) is 4.98 Å². The van der Waals surface area contributed by atoms with E-state index in [-0.39, 0.29) is 5.91 Å². The molecule has 0 saturated carbocycles. The average Bonchev–Trinajstić information content (AvgIpc) is 3.11. The molecular formula is C15H19BrN4O. The zero-order chi connectivity index (χ0) is 14.7. The molecule has 1 amide bonds. The maximum absolute atomic E-state index is 11.9. The molecule has 112 valence electrons. The van der Waals surface area contributed by atoms with Gasteiger partial charge in [-0.05, 0) is 59.9 Å². The van der Waals surface area contributed by atoms with Crippen molar-refractivity contribution in [1.82, 2.24) is 20.0 Å². The molecule has 3 heterocycles. The van der Waals surface area contributed by atoms with Crippen LogP contribution in [0, 0.1) is 5.92 Å². The summed E-state index contributed by atoms with van der Waals surface area (Å²) in [5, 5.41) is 6.28. The quantitative estimate of drug-likeness (QED) is 0.868. The van der Waals surface area contributed by atoms with Crippen LogP contribution in [0.5, 0.6) is 0 Å². The Morgan fingerprint density at radius 2 is 2.38 bits per heavy atom. The number of amides is 1. The van der Waals surface area contributed by atoms with Crippen LogP contribution in [-0.4, -0.2) is 28.4 Å². The average molecular weight is 351 g/mol. The highest BCUT2D eigenvalue weighted by Gasteiger charge is 2.15. The Balaban J connectivity index is 1.49. The molecule has 21 heavy (non-hydrogen) atoms. The van der Waals surface area contributed by atoms with Crippen molar-refractivity contribution in [2.24, 2.45) is 5.92 Å². The zero-order valence-corrected chi connectivity index (χ0v) is 13.4. The van der Waals surface area contributed by atoms with E-state index >= 15 is 0 Å². The lowest BCUT2D eigenvalue weighted by molar-refractivity contribution is -0.121. The lowest BCUT2D eigenvalue weighted by Gasteiger charge is -2.07. The van der Waals surface area contributed by atoms with E-state index in [1.165, 1.54) is 6.42 Å². The van der Waals surface area contributed by atoms with E-state index in [9.17, 15) is 4.79 Å². The van der Waals surface area contributed by atoms with Gasteiger partial charge in [0.15, 0.2) is 0 Å². The highest BCUT2D eigenvalue weighted by atomic mass is 79.9. The minimum Gasteiger partial charge on any atom is -0.350 e. The molecule has 2 aromatic rings. The summed E-state index contributed by atoms with van der Waals surface area (Å²) < 4.78 is 2.96. The third-order valence-electron chi connectivity index (χ3n) is 3.87. The number of hydrogen-bond donors (Lipinski definition) is 2. The Kier molecular flexibility index (Phi) is 4.55. The summed E-state index contributed by atoms with van der Waals surface area (Å²) in [6.45, 7) is 2.62. The Morgan fingerprint density at radius 1 is 1.48 bits per heavy atom. The van der Waals surface area contributed by atoms with Crippen LogP contribution in [0.25, 0.3) is 5.65 Å². The minimum atomic E-state index is 0.111. The third-order valence-corrected chi connectivity index (χ3v) is 4.34. The molecule has 5 nitrogen and oxygen atoms in total. The fourth-order valence-corrected chi connectivity index (χ4v) is 3.03. The zero-order valence-electron chi connectivity index (χ0n) is 11.8. The van der Waals surface area contributed by atoms with Gasteiger partial charge < -0.3 is 15.0 Å². The van der Waals surface area contributed by atoms with Crippen molar-refractivity contribution in [2.75, 3.05) is 13.1 Å². The Hall–Kier alpha value is -1.40. The number of pyridine rings is 1. The molecular weight excluding hydrogens is 332 g/mol. The first-order valence-electron chi connectivity index (χ1n) is 7.31. The van der Waals surface area contributed by atoms with Crippen LogP contribution < -0.4 is 10.6 Å². The normalized spacial score (nSPS) is 18.2. The summed E-state index contributed by atoms with van der Waals surface area (Å²) >= 11 is 3.43. The van der Waals surface area contributed by atoms with Gasteiger partial charge >= 0.3 is 0 Å². The second-order valence-corrected chi connectivity index (χ2v) is 6.43. The van der Waals surface area contributed by atoms with E-state index in [2.05, 4.69) is 31.5 Å². The number of imidazole rings is 1. The van der Waals surface area contributed by atoms with E-state index in [1.54, 1.807) is 0 Å². The van der Waals surface area contributed by atoms with E-state index < -0.39 is 0 Å². The van der Waals surface area contributed by atoms with Crippen LogP contribution in [0.1, 0.15) is 25.0 Å². The Morgan fingerprint density at radius 3 is 3.19 bits per heavy atom. The van der Waals surface area contributed by atoms with Crippen molar-refractivity contribution in [3.8, 4) is 0 Å². The molecule has 1 saturated heterocycles. The van der Waals surface area contributed by atoms with Crippen LogP contribution >= 0.6 is 15.9 Å². The summed E-state index contributed by atoms with van der Waals surface area (Å²) in [5.74, 6) is 0.767. The molecule has 2 N–H and O–H groups in total. The van der Waals surface area contributed by atoms with Gasteiger partial charge in [0.2, 0.25) is 5.91 Å². The topological polar surface area (TPSA) is 58.4 Å². The summed E-state index contributed by atoms with van der Waals surface area (Å²) in [7, 11) is 0. The van der Waals surface area contributed by atoms with Crippen LogP contribution in [-0.2, 0) is 11.3 Å². The number of carbonyl (C=O) groups is 1. The van der Waals surface area contributed by atoms with Crippen LogP contribution in [0.2, 0.25) is 0 Å². The van der Waals surface area contributed by atoms with Crippen LogP contribution in [0.3, 0.4) is 0 Å². The fourth-order valence-electron chi connectivity index (χ4n) is 2.68. The summed E-state index contributed by atoms with van der Waals surface area (Å²) in [6.07, 6.45) is 6.67. The van der Waals surface area contributed by atoms with Gasteiger partial charge in [-0.1, -0.05) is 0 Å². The van der Waals surface area contributed by atoms with Crippen molar-refractivity contribution >= 4 is 27.5 Å². The highest BCUT2D eigenvalue weighted by Crippen LogP contribution is 2.14. The maximum Gasteiger partial charge on any atom is 0.220 e. The van der Waals surface area contributed by atoms with Crippen molar-refractivity contribution in [3.05, 3.63) is 34.7 Å². The predicted molar refractivity (Wildman–Crippen MR) is 84.9 cm³/mol. The molecule has 2 aromatic heterocycles. The second-order valence-electron chi connectivity index (χ2n) is 5.52. The number of rotatable bonds is 5. The molecule has 6 heteroatoms. The van der Waals surface area contributed by atoms with Crippen LogP contribution in [0.4, 0.5) is 0 Å². The number of halogens is 1. The van der Waals surface area contributed by atoms with E-state index in [0.717, 1.165) is 35.3 Å². The molecule has 0 aromatic carbocycles. The van der Waals surface area contributed by atoms with Crippen molar-refractivity contribution in [2.45, 2.75) is 25.8 Å². The van der Waals surface area contributed by atoms with Crippen molar-refractivity contribution < 1.29 is 4.79 Å². The van der Waals surface area contributed by atoms with Gasteiger partial charge in [0.1, 0.15) is 5.65 Å². The molecule has 1 aliphatic rings. The fraction of sp³-hybridized carbons (Fsp3) is 0.467. The largest absolute Gasteiger partial charge is 0.350 e. The summed E-state index contributed by atoms with van der Waals surface area (Å²) in [5.41, 5.74) is 1.77. The molecule has 0 spiro atoms. The van der Waals surface area contributed by atoms with E-state index in [4.69, 9.17) is 0 Å². The SMILES string of the molecule is O=C(CCC1CCNC1)NCc1cn2cc(Br)ccc2n1. The molecule has 0 aliphatic carbocycles. The van der Waals surface area contributed by atoms with Crippen molar-refractivity contribution in [3.63, 3.8) is 0 Å². The Labute approximate surface area is 132 Å². The second kappa shape index (κ2) is 6.58. The van der Waals surface area contributed by atoms with Gasteiger partial charge in [-0.3, -0.25) is 4.79 Å². The van der Waals surface area contributed by atoms with Gasteiger partial charge in [-0.15, -0.1) is 0 Å². The number of nitrogens with zero attached hydrogens (tertiary/aromatic N) is 2. The number of aromatic nitrogens is 2. The number of fused-ring (bicyclic) bond motifs is 1. The van der Waals surface area contributed by atoms with Crippen LogP contribution in [0.15, 0.2) is 29.0 Å². The third kappa shape index (κ3) is 3.83. The lowest BCUT2D eigenvalue weighted by atomic mass is 10.0. The van der Waals surface area contributed by atoms with Gasteiger partial charge in [0.25, 0.3) is 0 Å². The highest BCUT2D eigenvalue weighted by molar-refractivity contribution is 9.10. The minimum absolute atomic E-state index is 0.111. The number of nitrogens with one attached hydrogen (secondary N) is 2. The molecule has 1 atom stereocenters. The molecule has 1 aliphatic heterocycles. The first kappa shape index (κ1) is 14.5. The molecule has 1 fully saturated rings.